The first-order valence-corrected chi connectivity index (χ1v) is 9.20. The summed E-state index contributed by atoms with van der Waals surface area (Å²) in [4.78, 5) is 31.6. The van der Waals surface area contributed by atoms with Crippen molar-refractivity contribution >= 4 is 17.4 Å². The fourth-order valence-electron chi connectivity index (χ4n) is 3.61. The summed E-state index contributed by atoms with van der Waals surface area (Å²) in [6, 6.07) is 11.1. The van der Waals surface area contributed by atoms with Crippen LogP contribution in [0.1, 0.15) is 40.5 Å². The average Bonchev–Trinajstić information content (AvgIpc) is 3.18. The zero-order valence-corrected chi connectivity index (χ0v) is 15.5. The van der Waals surface area contributed by atoms with Crippen molar-refractivity contribution in [3.8, 4) is 0 Å². The number of hydrogen-bond acceptors (Lipinski definition) is 3. The number of ketones is 1. The molecule has 0 spiro atoms. The molecular weight excluding hydrogens is 357 g/mol. The van der Waals surface area contributed by atoms with Crippen LogP contribution in [0.4, 0.5) is 10.1 Å². The van der Waals surface area contributed by atoms with Gasteiger partial charge in [0.25, 0.3) is 0 Å². The molecule has 0 radical (unpaired) electrons. The summed E-state index contributed by atoms with van der Waals surface area (Å²) >= 11 is 0. The van der Waals surface area contributed by atoms with Gasteiger partial charge in [0.05, 0.1) is 24.1 Å². The van der Waals surface area contributed by atoms with Gasteiger partial charge in [-0.15, -0.1) is 0 Å². The second-order valence-electron chi connectivity index (χ2n) is 7.05. The number of hydrogen-bond donors (Lipinski definition) is 0. The molecule has 0 N–H and O–H groups in total. The molecule has 4 rings (SSSR count). The zero-order chi connectivity index (χ0) is 19.7. The maximum absolute atomic E-state index is 13.5. The number of carbonyl (C=O) groups excluding carboxylic acids is 2. The molecule has 28 heavy (non-hydrogen) atoms. The maximum Gasteiger partial charge on any atom is 0.250 e. The Morgan fingerprint density at radius 3 is 2.79 bits per heavy atom. The van der Waals surface area contributed by atoms with Crippen LogP contribution in [-0.4, -0.2) is 21.2 Å². The smallest absolute Gasteiger partial charge is 0.250 e. The molecule has 0 saturated carbocycles. The summed E-state index contributed by atoms with van der Waals surface area (Å²) in [5, 5.41) is 0. The Kier molecular flexibility index (Phi) is 4.77. The van der Waals surface area contributed by atoms with E-state index in [1.165, 1.54) is 12.1 Å². The largest absolute Gasteiger partial charge is 0.333 e. The van der Waals surface area contributed by atoms with Crippen LogP contribution in [0.2, 0.25) is 0 Å². The Hall–Kier alpha value is -3.28. The van der Waals surface area contributed by atoms with E-state index in [0.717, 1.165) is 11.1 Å². The van der Waals surface area contributed by atoms with Crippen molar-refractivity contribution in [2.24, 2.45) is 0 Å². The molecular formula is C22H20FN3O2. The molecule has 0 saturated heterocycles. The summed E-state index contributed by atoms with van der Waals surface area (Å²) in [7, 11) is 0. The number of carbonyl (C=O) groups is 2. The lowest BCUT2D eigenvalue weighted by atomic mass is 10.00. The molecule has 1 aromatic carbocycles. The maximum atomic E-state index is 13.5. The highest BCUT2D eigenvalue weighted by atomic mass is 19.1. The van der Waals surface area contributed by atoms with Gasteiger partial charge in [-0.25, -0.2) is 4.39 Å². The van der Waals surface area contributed by atoms with Gasteiger partial charge in [-0.05, 0) is 54.8 Å². The number of amides is 1. The van der Waals surface area contributed by atoms with Crippen molar-refractivity contribution < 1.29 is 14.0 Å². The van der Waals surface area contributed by atoms with Gasteiger partial charge in [0.15, 0.2) is 5.78 Å². The molecule has 1 aliphatic heterocycles. The van der Waals surface area contributed by atoms with Crippen LogP contribution in [0.5, 0.6) is 0 Å². The molecule has 1 atom stereocenters. The van der Waals surface area contributed by atoms with Crippen LogP contribution >= 0.6 is 0 Å². The van der Waals surface area contributed by atoms with E-state index in [4.69, 9.17) is 0 Å². The number of benzene rings is 1. The molecule has 5 nitrogen and oxygen atoms in total. The standard InChI is InChI=1S/C22H20FN3O2/c1-15-11-18(13-24-12-15)26(14-16-4-6-17(23)7-5-16)22(28)20-8-9-21(27)19-3-2-10-25(19)20/h2-7,10-13,20H,8-9,14H2,1H3. The lowest BCUT2D eigenvalue weighted by Gasteiger charge is -2.31. The monoisotopic (exact) mass is 377 g/mol. The highest BCUT2D eigenvalue weighted by molar-refractivity contribution is 6.01. The molecule has 1 unspecified atom stereocenters. The Morgan fingerprint density at radius 2 is 2.04 bits per heavy atom. The number of rotatable bonds is 4. The number of fused-ring (bicyclic) bond motifs is 1. The number of aromatic nitrogens is 2. The molecule has 3 aromatic rings. The van der Waals surface area contributed by atoms with Crippen LogP contribution in [-0.2, 0) is 11.3 Å². The predicted molar refractivity (Wildman–Crippen MR) is 104 cm³/mol. The first-order valence-electron chi connectivity index (χ1n) is 9.20. The second-order valence-corrected chi connectivity index (χ2v) is 7.05. The van der Waals surface area contributed by atoms with E-state index in [0.29, 0.717) is 30.8 Å². The van der Waals surface area contributed by atoms with E-state index in [9.17, 15) is 14.0 Å². The SMILES string of the molecule is Cc1cncc(N(Cc2ccc(F)cc2)C(=O)C2CCC(=O)c3cccn32)c1. The third kappa shape index (κ3) is 3.45. The van der Waals surface area contributed by atoms with Gasteiger partial charge in [0, 0.05) is 18.8 Å². The number of pyridine rings is 1. The molecule has 1 amide bonds. The van der Waals surface area contributed by atoms with Crippen molar-refractivity contribution in [3.05, 3.63) is 83.7 Å². The van der Waals surface area contributed by atoms with Crippen molar-refractivity contribution in [2.45, 2.75) is 32.4 Å². The zero-order valence-electron chi connectivity index (χ0n) is 15.5. The van der Waals surface area contributed by atoms with E-state index in [1.54, 1.807) is 52.3 Å². The van der Waals surface area contributed by atoms with Crippen LogP contribution in [0.15, 0.2) is 61.1 Å². The van der Waals surface area contributed by atoms with E-state index in [2.05, 4.69) is 4.98 Å². The van der Waals surface area contributed by atoms with Gasteiger partial charge >= 0.3 is 0 Å². The summed E-state index contributed by atoms with van der Waals surface area (Å²) in [6.07, 6.45) is 5.96. The number of halogens is 1. The topological polar surface area (TPSA) is 55.2 Å². The summed E-state index contributed by atoms with van der Waals surface area (Å²) in [5.74, 6) is -0.375. The molecule has 0 bridgehead atoms. The summed E-state index contributed by atoms with van der Waals surface area (Å²) in [6.45, 7) is 2.21. The fourth-order valence-corrected chi connectivity index (χ4v) is 3.61. The van der Waals surface area contributed by atoms with E-state index < -0.39 is 6.04 Å². The third-order valence-corrected chi connectivity index (χ3v) is 5.02. The van der Waals surface area contributed by atoms with Crippen molar-refractivity contribution in [1.29, 1.82) is 0 Å². The molecule has 142 valence electrons. The fraction of sp³-hybridized carbons (Fsp3) is 0.227. The first-order chi connectivity index (χ1) is 13.5. The van der Waals surface area contributed by atoms with Gasteiger partial charge in [-0.2, -0.15) is 0 Å². The molecule has 0 aliphatic carbocycles. The minimum atomic E-state index is -0.455. The lowest BCUT2D eigenvalue weighted by molar-refractivity contribution is -0.122. The van der Waals surface area contributed by atoms with E-state index in [1.807, 2.05) is 13.0 Å². The highest BCUT2D eigenvalue weighted by Crippen LogP contribution is 2.30. The molecule has 1 aliphatic rings. The normalized spacial score (nSPS) is 15.9. The van der Waals surface area contributed by atoms with Crippen LogP contribution in [0, 0.1) is 12.7 Å². The van der Waals surface area contributed by atoms with Crippen LogP contribution < -0.4 is 4.90 Å². The molecule has 3 heterocycles. The van der Waals surface area contributed by atoms with Crippen molar-refractivity contribution in [1.82, 2.24) is 9.55 Å². The number of nitrogens with zero attached hydrogens (tertiary/aromatic N) is 3. The lowest BCUT2D eigenvalue weighted by Crippen LogP contribution is -2.39. The minimum Gasteiger partial charge on any atom is -0.333 e. The predicted octanol–water partition coefficient (Wildman–Crippen LogP) is 4.08. The van der Waals surface area contributed by atoms with Crippen molar-refractivity contribution in [2.75, 3.05) is 4.90 Å². The second kappa shape index (κ2) is 7.38. The molecule has 0 fully saturated rings. The average molecular weight is 377 g/mol. The summed E-state index contributed by atoms with van der Waals surface area (Å²) < 4.78 is 15.0. The Labute approximate surface area is 162 Å². The molecule has 2 aromatic heterocycles. The highest BCUT2D eigenvalue weighted by Gasteiger charge is 2.33. The first kappa shape index (κ1) is 18.1. The van der Waals surface area contributed by atoms with Gasteiger partial charge in [-0.1, -0.05) is 12.1 Å². The number of aryl methyl sites for hydroxylation is 1. The quantitative estimate of drug-likeness (QED) is 0.688. The van der Waals surface area contributed by atoms with Gasteiger partial charge in [0.1, 0.15) is 11.9 Å². The van der Waals surface area contributed by atoms with Crippen LogP contribution in [0.3, 0.4) is 0 Å². The number of Topliss-reactive ketones (excluding diaryl/α,β-unsaturated/α-hetero) is 1. The van der Waals surface area contributed by atoms with Gasteiger partial charge in [0.2, 0.25) is 5.91 Å². The van der Waals surface area contributed by atoms with Crippen LogP contribution in [0.25, 0.3) is 0 Å². The Bertz CT molecular complexity index is 1030. The van der Waals surface area contributed by atoms with Gasteiger partial charge in [-0.3, -0.25) is 14.6 Å². The Balaban J connectivity index is 1.71. The van der Waals surface area contributed by atoms with E-state index in [-0.39, 0.29) is 17.5 Å². The minimum absolute atomic E-state index is 0.0522. The van der Waals surface area contributed by atoms with E-state index >= 15 is 0 Å². The Morgan fingerprint density at radius 1 is 1.25 bits per heavy atom. The third-order valence-electron chi connectivity index (χ3n) is 5.02. The molecule has 6 heteroatoms. The summed E-state index contributed by atoms with van der Waals surface area (Å²) in [5.41, 5.74) is 3.00. The van der Waals surface area contributed by atoms with Gasteiger partial charge < -0.3 is 9.47 Å². The number of anilines is 1. The van der Waals surface area contributed by atoms with Crippen molar-refractivity contribution in [3.63, 3.8) is 0 Å².